The Morgan fingerprint density at radius 1 is 0.923 bits per heavy atom. The Hall–Kier alpha value is -3.60. The van der Waals surface area contributed by atoms with Crippen molar-refractivity contribution in [2.45, 2.75) is 6.61 Å². The summed E-state index contributed by atoms with van der Waals surface area (Å²) in [6.45, 7) is 0.302. The van der Waals surface area contributed by atoms with Crippen LogP contribution in [0.15, 0.2) is 78.9 Å². The molecule has 0 bridgehead atoms. The van der Waals surface area contributed by atoms with Crippen LogP contribution in [0.3, 0.4) is 0 Å². The molecule has 0 amide bonds. The molecule has 0 fully saturated rings. The molecule has 0 unspecified atom stereocenters. The summed E-state index contributed by atoms with van der Waals surface area (Å²) in [6.07, 6.45) is 2.62. The maximum atomic E-state index is 10.5. The van der Waals surface area contributed by atoms with E-state index in [1.807, 2.05) is 42.5 Å². The third kappa shape index (κ3) is 5.21. The average Bonchev–Trinajstić information content (AvgIpc) is 2.67. The van der Waals surface area contributed by atoms with Gasteiger partial charge in [-0.15, -0.1) is 0 Å². The highest BCUT2D eigenvalue weighted by molar-refractivity contribution is 5.85. The number of pyridine rings is 1. The zero-order chi connectivity index (χ0) is 18.2. The first kappa shape index (κ1) is 17.2. The van der Waals surface area contributed by atoms with Gasteiger partial charge in [-0.25, -0.2) is 9.78 Å². The summed E-state index contributed by atoms with van der Waals surface area (Å²) < 4.78 is 11.4. The molecule has 0 radical (unpaired) electrons. The van der Waals surface area contributed by atoms with Crippen LogP contribution in [0, 0.1) is 0 Å². The predicted octanol–water partition coefficient (Wildman–Crippen LogP) is 4.55. The first-order chi connectivity index (χ1) is 12.7. The van der Waals surface area contributed by atoms with Crippen LogP contribution in [0.5, 0.6) is 17.4 Å². The number of aromatic nitrogens is 1. The lowest BCUT2D eigenvalue weighted by Gasteiger charge is -2.08. The fraction of sp³-hybridized carbons (Fsp3) is 0.0476. The summed E-state index contributed by atoms with van der Waals surface area (Å²) in [5.74, 6) is 0.928. The minimum atomic E-state index is -0.978. The SMILES string of the molecule is O=C(O)/C=C/c1ccc(OCc2cccc(Oc3ccccc3)n2)cc1. The number of para-hydroxylation sites is 1. The van der Waals surface area contributed by atoms with E-state index in [0.29, 0.717) is 18.2 Å². The van der Waals surface area contributed by atoms with Crippen molar-refractivity contribution in [1.29, 1.82) is 0 Å². The number of nitrogens with zero attached hydrogens (tertiary/aromatic N) is 1. The molecule has 5 heteroatoms. The Morgan fingerprint density at radius 3 is 2.42 bits per heavy atom. The van der Waals surface area contributed by atoms with Gasteiger partial charge in [0.2, 0.25) is 5.88 Å². The second-order valence-corrected chi connectivity index (χ2v) is 5.41. The molecule has 0 aliphatic carbocycles. The van der Waals surface area contributed by atoms with Gasteiger partial charge in [-0.3, -0.25) is 0 Å². The number of aliphatic carboxylic acids is 1. The molecule has 5 nitrogen and oxygen atoms in total. The van der Waals surface area contributed by atoms with Crippen molar-refractivity contribution in [1.82, 2.24) is 4.98 Å². The minimum absolute atomic E-state index is 0.302. The lowest BCUT2D eigenvalue weighted by Crippen LogP contribution is -1.99. The molecule has 26 heavy (non-hydrogen) atoms. The van der Waals surface area contributed by atoms with E-state index in [-0.39, 0.29) is 0 Å². The smallest absolute Gasteiger partial charge is 0.328 e. The maximum absolute atomic E-state index is 10.5. The minimum Gasteiger partial charge on any atom is -0.487 e. The average molecular weight is 347 g/mol. The summed E-state index contributed by atoms with van der Waals surface area (Å²) in [6, 6.07) is 22.1. The van der Waals surface area contributed by atoms with Crippen LogP contribution >= 0.6 is 0 Å². The van der Waals surface area contributed by atoms with Crippen LogP contribution < -0.4 is 9.47 Å². The number of carboxylic acids is 1. The number of carboxylic acid groups (broad SMARTS) is 1. The fourth-order valence-electron chi connectivity index (χ4n) is 2.20. The van der Waals surface area contributed by atoms with Crippen LogP contribution in [-0.4, -0.2) is 16.1 Å². The van der Waals surface area contributed by atoms with Crippen LogP contribution in [-0.2, 0) is 11.4 Å². The van der Waals surface area contributed by atoms with Gasteiger partial charge in [0.15, 0.2) is 0 Å². The molecular weight excluding hydrogens is 330 g/mol. The topological polar surface area (TPSA) is 68.7 Å². The second-order valence-electron chi connectivity index (χ2n) is 5.41. The van der Waals surface area contributed by atoms with Gasteiger partial charge in [0.1, 0.15) is 18.1 Å². The molecule has 0 aliphatic heterocycles. The summed E-state index contributed by atoms with van der Waals surface area (Å²) >= 11 is 0. The summed E-state index contributed by atoms with van der Waals surface area (Å²) in [5, 5.41) is 8.63. The molecule has 1 N–H and O–H groups in total. The standard InChI is InChI=1S/C21H17NO4/c23-21(24)14-11-16-9-12-18(13-10-16)25-15-17-5-4-8-20(22-17)26-19-6-2-1-3-7-19/h1-14H,15H2,(H,23,24)/b14-11+. The van der Waals surface area contributed by atoms with Crippen LogP contribution in [0.25, 0.3) is 6.08 Å². The summed E-state index contributed by atoms with van der Waals surface area (Å²) in [7, 11) is 0. The normalized spacial score (nSPS) is 10.6. The number of carbonyl (C=O) groups is 1. The van der Waals surface area contributed by atoms with Crippen molar-refractivity contribution in [2.24, 2.45) is 0 Å². The van der Waals surface area contributed by atoms with E-state index >= 15 is 0 Å². The molecule has 0 saturated heterocycles. The molecular formula is C21H17NO4. The number of rotatable bonds is 7. The van der Waals surface area contributed by atoms with E-state index in [9.17, 15) is 4.79 Å². The molecule has 1 heterocycles. The highest BCUT2D eigenvalue weighted by Crippen LogP contribution is 2.20. The highest BCUT2D eigenvalue weighted by atomic mass is 16.5. The summed E-state index contributed by atoms with van der Waals surface area (Å²) in [5.41, 5.74) is 1.53. The van der Waals surface area contributed by atoms with Crippen molar-refractivity contribution in [2.75, 3.05) is 0 Å². The van der Waals surface area contributed by atoms with Gasteiger partial charge in [-0.1, -0.05) is 36.4 Å². The number of ether oxygens (including phenoxy) is 2. The first-order valence-corrected chi connectivity index (χ1v) is 8.02. The Morgan fingerprint density at radius 2 is 1.69 bits per heavy atom. The molecule has 2 aromatic carbocycles. The van der Waals surface area contributed by atoms with Gasteiger partial charge in [-0.05, 0) is 42.0 Å². The molecule has 3 rings (SSSR count). The molecule has 0 saturated carbocycles. The van der Waals surface area contributed by atoms with Crippen molar-refractivity contribution >= 4 is 12.0 Å². The molecule has 0 atom stereocenters. The third-order valence-corrected chi connectivity index (χ3v) is 3.43. The van der Waals surface area contributed by atoms with Gasteiger partial charge in [0, 0.05) is 12.1 Å². The second kappa shape index (κ2) is 8.48. The van der Waals surface area contributed by atoms with Crippen molar-refractivity contribution in [3.05, 3.63) is 90.1 Å². The number of hydrogen-bond donors (Lipinski definition) is 1. The van der Waals surface area contributed by atoms with Crippen LogP contribution in [0.1, 0.15) is 11.3 Å². The van der Waals surface area contributed by atoms with Crippen molar-refractivity contribution < 1.29 is 19.4 Å². The lowest BCUT2D eigenvalue weighted by atomic mass is 10.2. The first-order valence-electron chi connectivity index (χ1n) is 8.02. The fourth-order valence-corrected chi connectivity index (χ4v) is 2.20. The van der Waals surface area contributed by atoms with E-state index in [1.54, 1.807) is 30.3 Å². The van der Waals surface area contributed by atoms with Gasteiger partial charge in [0.25, 0.3) is 0 Å². The Bertz CT molecular complexity index is 889. The quantitative estimate of drug-likeness (QED) is 0.635. The lowest BCUT2D eigenvalue weighted by molar-refractivity contribution is -0.131. The molecule has 3 aromatic rings. The van der Waals surface area contributed by atoms with E-state index in [1.165, 1.54) is 6.08 Å². The number of benzene rings is 2. The zero-order valence-electron chi connectivity index (χ0n) is 13.9. The molecule has 1 aromatic heterocycles. The Labute approximate surface area is 151 Å². The van der Waals surface area contributed by atoms with Gasteiger partial charge >= 0.3 is 5.97 Å². The highest BCUT2D eigenvalue weighted by Gasteiger charge is 2.02. The van der Waals surface area contributed by atoms with E-state index in [2.05, 4.69) is 4.98 Å². The third-order valence-electron chi connectivity index (χ3n) is 3.43. The van der Waals surface area contributed by atoms with Crippen molar-refractivity contribution in [3.63, 3.8) is 0 Å². The molecule has 0 spiro atoms. The van der Waals surface area contributed by atoms with Gasteiger partial charge in [0.05, 0.1) is 5.69 Å². The van der Waals surface area contributed by atoms with Gasteiger partial charge < -0.3 is 14.6 Å². The Kier molecular flexibility index (Phi) is 5.62. The zero-order valence-corrected chi connectivity index (χ0v) is 13.9. The van der Waals surface area contributed by atoms with Crippen molar-refractivity contribution in [3.8, 4) is 17.4 Å². The van der Waals surface area contributed by atoms with E-state index in [0.717, 1.165) is 23.1 Å². The van der Waals surface area contributed by atoms with Crippen LogP contribution in [0.2, 0.25) is 0 Å². The van der Waals surface area contributed by atoms with Crippen LogP contribution in [0.4, 0.5) is 0 Å². The molecule has 0 aliphatic rings. The number of hydrogen-bond acceptors (Lipinski definition) is 4. The monoisotopic (exact) mass is 347 g/mol. The Balaban J connectivity index is 1.59. The summed E-state index contributed by atoms with van der Waals surface area (Å²) in [4.78, 5) is 14.9. The molecule has 130 valence electrons. The van der Waals surface area contributed by atoms with E-state index in [4.69, 9.17) is 14.6 Å². The largest absolute Gasteiger partial charge is 0.487 e. The maximum Gasteiger partial charge on any atom is 0.328 e. The van der Waals surface area contributed by atoms with Gasteiger partial charge in [-0.2, -0.15) is 0 Å². The predicted molar refractivity (Wildman–Crippen MR) is 98.2 cm³/mol. The van der Waals surface area contributed by atoms with E-state index < -0.39 is 5.97 Å².